The van der Waals surface area contributed by atoms with Crippen LogP contribution >= 0.6 is 22.9 Å². The molecule has 96 valence electrons. The van der Waals surface area contributed by atoms with E-state index in [1.54, 1.807) is 23.5 Å². The third kappa shape index (κ3) is 3.28. The van der Waals surface area contributed by atoms with E-state index in [9.17, 15) is 4.39 Å². The molecular weight excluding hydrogens is 271 g/mol. The minimum absolute atomic E-state index is 0.159. The van der Waals surface area contributed by atoms with Crippen LogP contribution < -0.4 is 5.32 Å². The van der Waals surface area contributed by atoms with Gasteiger partial charge in [0.2, 0.25) is 0 Å². The SMILES string of the molecule is Cc1csc(C(C)NCc2ccc(F)c(Cl)c2)n1. The van der Waals surface area contributed by atoms with Crippen LogP contribution in [0.3, 0.4) is 0 Å². The van der Waals surface area contributed by atoms with Crippen molar-refractivity contribution in [3.8, 4) is 0 Å². The highest BCUT2D eigenvalue weighted by molar-refractivity contribution is 7.09. The quantitative estimate of drug-likeness (QED) is 0.914. The molecule has 0 aliphatic carbocycles. The molecule has 1 N–H and O–H groups in total. The Hall–Kier alpha value is -0.970. The van der Waals surface area contributed by atoms with Crippen molar-refractivity contribution >= 4 is 22.9 Å². The molecule has 0 fully saturated rings. The molecule has 2 nitrogen and oxygen atoms in total. The number of thiazole rings is 1. The zero-order valence-electron chi connectivity index (χ0n) is 10.2. The summed E-state index contributed by atoms with van der Waals surface area (Å²) in [6.45, 7) is 4.68. The summed E-state index contributed by atoms with van der Waals surface area (Å²) in [6.07, 6.45) is 0. The Morgan fingerprint density at radius 2 is 2.28 bits per heavy atom. The van der Waals surface area contributed by atoms with Crippen LogP contribution in [0, 0.1) is 12.7 Å². The molecule has 0 bridgehead atoms. The van der Waals surface area contributed by atoms with E-state index in [1.807, 2.05) is 12.3 Å². The van der Waals surface area contributed by atoms with Gasteiger partial charge in [-0.3, -0.25) is 0 Å². The van der Waals surface area contributed by atoms with Gasteiger partial charge in [0.15, 0.2) is 0 Å². The van der Waals surface area contributed by atoms with E-state index in [-0.39, 0.29) is 16.9 Å². The fourth-order valence-corrected chi connectivity index (χ4v) is 2.61. The number of aromatic nitrogens is 1. The van der Waals surface area contributed by atoms with Crippen molar-refractivity contribution in [2.75, 3.05) is 0 Å². The fraction of sp³-hybridized carbons (Fsp3) is 0.308. The first-order valence-electron chi connectivity index (χ1n) is 5.65. The third-order valence-electron chi connectivity index (χ3n) is 2.60. The van der Waals surface area contributed by atoms with E-state index in [0.717, 1.165) is 16.3 Å². The zero-order chi connectivity index (χ0) is 13.1. The van der Waals surface area contributed by atoms with Gasteiger partial charge in [-0.05, 0) is 31.5 Å². The van der Waals surface area contributed by atoms with Crippen LogP contribution in [0.4, 0.5) is 4.39 Å². The molecule has 1 heterocycles. The van der Waals surface area contributed by atoms with E-state index >= 15 is 0 Å². The lowest BCUT2D eigenvalue weighted by atomic mass is 10.2. The van der Waals surface area contributed by atoms with E-state index in [0.29, 0.717) is 6.54 Å². The first-order chi connectivity index (χ1) is 8.56. The Balaban J connectivity index is 1.97. The lowest BCUT2D eigenvalue weighted by molar-refractivity contribution is 0.569. The van der Waals surface area contributed by atoms with Gasteiger partial charge in [-0.1, -0.05) is 17.7 Å². The molecule has 0 saturated carbocycles. The summed E-state index contributed by atoms with van der Waals surface area (Å²) in [5, 5.41) is 6.59. The van der Waals surface area contributed by atoms with E-state index in [2.05, 4.69) is 17.2 Å². The van der Waals surface area contributed by atoms with Gasteiger partial charge < -0.3 is 5.32 Å². The maximum absolute atomic E-state index is 13.0. The Morgan fingerprint density at radius 3 is 2.89 bits per heavy atom. The zero-order valence-corrected chi connectivity index (χ0v) is 11.8. The van der Waals surface area contributed by atoms with E-state index < -0.39 is 0 Å². The van der Waals surface area contributed by atoms with Crippen molar-refractivity contribution in [2.24, 2.45) is 0 Å². The predicted octanol–water partition coefficient (Wildman–Crippen LogP) is 4.09. The maximum Gasteiger partial charge on any atom is 0.141 e. The summed E-state index contributed by atoms with van der Waals surface area (Å²) in [5.41, 5.74) is 2.00. The Morgan fingerprint density at radius 1 is 1.50 bits per heavy atom. The Bertz CT molecular complexity index is 542. The summed E-state index contributed by atoms with van der Waals surface area (Å²) in [5.74, 6) is -0.385. The average Bonchev–Trinajstić information content (AvgIpc) is 2.77. The Labute approximate surface area is 115 Å². The van der Waals surface area contributed by atoms with Crippen LogP contribution in [0.1, 0.15) is 29.2 Å². The molecule has 1 unspecified atom stereocenters. The number of hydrogen-bond donors (Lipinski definition) is 1. The molecule has 0 aliphatic rings. The number of aryl methyl sites for hydroxylation is 1. The van der Waals surface area contributed by atoms with Gasteiger partial charge >= 0.3 is 0 Å². The molecular formula is C13H14ClFN2S. The predicted molar refractivity (Wildman–Crippen MR) is 73.5 cm³/mol. The number of nitrogens with one attached hydrogen (secondary N) is 1. The summed E-state index contributed by atoms with van der Waals surface area (Å²) in [7, 11) is 0. The summed E-state index contributed by atoms with van der Waals surface area (Å²) in [4.78, 5) is 4.42. The molecule has 0 radical (unpaired) electrons. The van der Waals surface area contributed by atoms with Crippen LogP contribution in [-0.4, -0.2) is 4.98 Å². The van der Waals surface area contributed by atoms with Crippen LogP contribution in [-0.2, 0) is 6.54 Å². The standard InChI is InChI=1S/C13H14ClFN2S/c1-8-7-18-13(17-8)9(2)16-6-10-3-4-12(15)11(14)5-10/h3-5,7,9,16H,6H2,1-2H3. The molecule has 18 heavy (non-hydrogen) atoms. The fourth-order valence-electron chi connectivity index (χ4n) is 1.58. The molecule has 5 heteroatoms. The van der Waals surface area contributed by atoms with Crippen LogP contribution in [0.15, 0.2) is 23.6 Å². The van der Waals surface area contributed by atoms with Crippen molar-refractivity contribution in [2.45, 2.75) is 26.4 Å². The molecule has 2 aromatic rings. The molecule has 0 amide bonds. The van der Waals surface area contributed by atoms with E-state index in [4.69, 9.17) is 11.6 Å². The highest BCUT2D eigenvalue weighted by atomic mass is 35.5. The van der Waals surface area contributed by atoms with Gasteiger partial charge in [-0.15, -0.1) is 11.3 Å². The second-order valence-electron chi connectivity index (χ2n) is 4.18. The molecule has 0 saturated heterocycles. The molecule has 2 rings (SSSR count). The number of nitrogens with zero attached hydrogens (tertiary/aromatic N) is 1. The minimum Gasteiger partial charge on any atom is -0.304 e. The second-order valence-corrected chi connectivity index (χ2v) is 5.48. The first kappa shape index (κ1) is 13.5. The average molecular weight is 285 g/mol. The maximum atomic E-state index is 13.0. The molecule has 0 spiro atoms. The van der Waals surface area contributed by atoms with Gasteiger partial charge in [0.05, 0.1) is 11.1 Å². The van der Waals surface area contributed by atoms with Gasteiger partial charge in [-0.25, -0.2) is 9.37 Å². The van der Waals surface area contributed by atoms with Gasteiger partial charge in [0.25, 0.3) is 0 Å². The number of halogens is 2. The lowest BCUT2D eigenvalue weighted by Gasteiger charge is -2.11. The van der Waals surface area contributed by atoms with Crippen LogP contribution in [0.5, 0.6) is 0 Å². The molecule has 1 aromatic heterocycles. The molecule has 1 aromatic carbocycles. The van der Waals surface area contributed by atoms with Gasteiger partial charge in [0, 0.05) is 17.6 Å². The summed E-state index contributed by atoms with van der Waals surface area (Å²) < 4.78 is 13.0. The highest BCUT2D eigenvalue weighted by Crippen LogP contribution is 2.19. The topological polar surface area (TPSA) is 24.9 Å². The van der Waals surface area contributed by atoms with Crippen molar-refractivity contribution in [1.29, 1.82) is 0 Å². The summed E-state index contributed by atoms with van der Waals surface area (Å²) in [6, 6.07) is 4.93. The molecule has 1 atom stereocenters. The normalized spacial score (nSPS) is 12.7. The van der Waals surface area contributed by atoms with Crippen molar-refractivity contribution in [3.05, 3.63) is 50.7 Å². The van der Waals surface area contributed by atoms with Crippen molar-refractivity contribution in [3.63, 3.8) is 0 Å². The largest absolute Gasteiger partial charge is 0.304 e. The smallest absolute Gasteiger partial charge is 0.141 e. The minimum atomic E-state index is -0.385. The van der Waals surface area contributed by atoms with Crippen LogP contribution in [0.25, 0.3) is 0 Å². The lowest BCUT2D eigenvalue weighted by Crippen LogP contribution is -2.18. The van der Waals surface area contributed by atoms with Gasteiger partial charge in [0.1, 0.15) is 10.8 Å². The van der Waals surface area contributed by atoms with Gasteiger partial charge in [-0.2, -0.15) is 0 Å². The van der Waals surface area contributed by atoms with Crippen molar-refractivity contribution < 1.29 is 4.39 Å². The highest BCUT2D eigenvalue weighted by Gasteiger charge is 2.09. The number of benzene rings is 1. The second kappa shape index (κ2) is 5.78. The third-order valence-corrected chi connectivity index (χ3v) is 4.04. The number of rotatable bonds is 4. The molecule has 0 aliphatic heterocycles. The van der Waals surface area contributed by atoms with Crippen molar-refractivity contribution in [1.82, 2.24) is 10.3 Å². The number of hydrogen-bond acceptors (Lipinski definition) is 3. The first-order valence-corrected chi connectivity index (χ1v) is 6.91. The van der Waals surface area contributed by atoms with E-state index in [1.165, 1.54) is 6.07 Å². The summed E-state index contributed by atoms with van der Waals surface area (Å²) >= 11 is 7.38. The monoisotopic (exact) mass is 284 g/mol. The Kier molecular flexibility index (Phi) is 4.32. The van der Waals surface area contributed by atoms with Crippen LogP contribution in [0.2, 0.25) is 5.02 Å².